The number of fused-ring (bicyclic) bond motifs is 1. The molecule has 0 saturated heterocycles. The molecule has 80 valence electrons. The quantitative estimate of drug-likeness (QED) is 0.774. The third-order valence-electron chi connectivity index (χ3n) is 2.49. The molecule has 1 aliphatic rings. The molecular formula is C11H12O4. The summed E-state index contributed by atoms with van der Waals surface area (Å²) in [6.45, 7) is 1.76. The topological polar surface area (TPSA) is 66.8 Å². The van der Waals surface area contributed by atoms with Crippen LogP contribution in [0, 0.1) is 0 Å². The van der Waals surface area contributed by atoms with E-state index in [1.54, 1.807) is 19.1 Å². The first-order chi connectivity index (χ1) is 6.98. The van der Waals surface area contributed by atoms with E-state index < -0.39 is 11.6 Å². The van der Waals surface area contributed by atoms with Gasteiger partial charge in [-0.25, -0.2) is 0 Å². The first kappa shape index (κ1) is 9.83. The zero-order chi connectivity index (χ0) is 11.1. The van der Waals surface area contributed by atoms with E-state index in [0.29, 0.717) is 12.2 Å². The van der Waals surface area contributed by atoms with Crippen LogP contribution in [0.2, 0.25) is 0 Å². The number of carboxylic acids is 1. The molecule has 1 heterocycles. The minimum atomic E-state index is -0.880. The van der Waals surface area contributed by atoms with E-state index in [1.165, 1.54) is 6.07 Å². The Hall–Kier alpha value is -1.71. The van der Waals surface area contributed by atoms with Gasteiger partial charge in [0, 0.05) is 12.0 Å². The highest BCUT2D eigenvalue weighted by Crippen LogP contribution is 2.38. The van der Waals surface area contributed by atoms with E-state index in [9.17, 15) is 9.90 Å². The number of aromatic hydroxyl groups is 1. The maximum Gasteiger partial charge on any atom is 0.307 e. The zero-order valence-corrected chi connectivity index (χ0v) is 8.36. The highest BCUT2D eigenvalue weighted by molar-refractivity contribution is 5.68. The molecule has 2 N–H and O–H groups in total. The number of phenols is 1. The van der Waals surface area contributed by atoms with Gasteiger partial charge in [0.05, 0.1) is 6.42 Å². The summed E-state index contributed by atoms with van der Waals surface area (Å²) in [7, 11) is 0. The molecule has 1 aromatic rings. The van der Waals surface area contributed by atoms with E-state index in [0.717, 1.165) is 5.56 Å². The van der Waals surface area contributed by atoms with Crippen LogP contribution in [0.5, 0.6) is 11.5 Å². The molecule has 4 heteroatoms. The molecule has 1 aliphatic heterocycles. The summed E-state index contributed by atoms with van der Waals surface area (Å²) in [6, 6.07) is 4.81. The third kappa shape index (κ3) is 1.88. The van der Waals surface area contributed by atoms with Crippen molar-refractivity contribution < 1.29 is 19.7 Å². The molecule has 0 aliphatic carbocycles. The van der Waals surface area contributed by atoms with Crippen molar-refractivity contribution in [1.29, 1.82) is 0 Å². The van der Waals surface area contributed by atoms with Crippen molar-refractivity contribution in [3.8, 4) is 11.5 Å². The molecule has 0 bridgehead atoms. The Balaban J connectivity index is 2.24. The normalized spacial score (nSPS) is 23.3. The van der Waals surface area contributed by atoms with Crippen molar-refractivity contribution in [3.63, 3.8) is 0 Å². The summed E-state index contributed by atoms with van der Waals surface area (Å²) in [4.78, 5) is 10.6. The summed E-state index contributed by atoms with van der Waals surface area (Å²) in [5.74, 6) is -0.0389. The van der Waals surface area contributed by atoms with Gasteiger partial charge in [0.25, 0.3) is 0 Å². The fourth-order valence-electron chi connectivity index (χ4n) is 1.93. The summed E-state index contributed by atoms with van der Waals surface area (Å²) in [6.07, 6.45) is 0.478. The number of rotatable bonds is 2. The highest BCUT2D eigenvalue weighted by atomic mass is 16.5. The molecule has 0 fully saturated rings. The highest BCUT2D eigenvalue weighted by Gasteiger charge is 2.36. The molecule has 4 nitrogen and oxygen atoms in total. The predicted molar refractivity (Wildman–Crippen MR) is 53.1 cm³/mol. The number of benzene rings is 1. The molecule has 1 aromatic carbocycles. The summed E-state index contributed by atoms with van der Waals surface area (Å²) in [5, 5.41) is 18.0. The van der Waals surface area contributed by atoms with Gasteiger partial charge in [0.15, 0.2) is 0 Å². The second-order valence-corrected chi connectivity index (χ2v) is 4.09. The Morgan fingerprint density at radius 1 is 1.60 bits per heavy atom. The number of aliphatic carboxylic acids is 1. The second-order valence-electron chi connectivity index (χ2n) is 4.09. The van der Waals surface area contributed by atoms with E-state index >= 15 is 0 Å². The fraction of sp³-hybridized carbons (Fsp3) is 0.364. The Morgan fingerprint density at radius 3 is 3.00 bits per heavy atom. The first-order valence-electron chi connectivity index (χ1n) is 4.71. The van der Waals surface area contributed by atoms with Crippen LogP contribution in [0.3, 0.4) is 0 Å². The van der Waals surface area contributed by atoms with Crippen LogP contribution in [0.25, 0.3) is 0 Å². The minimum Gasteiger partial charge on any atom is -0.508 e. The molecule has 0 spiro atoms. The molecule has 0 radical (unpaired) electrons. The fourth-order valence-corrected chi connectivity index (χ4v) is 1.93. The van der Waals surface area contributed by atoms with Crippen molar-refractivity contribution in [2.45, 2.75) is 25.4 Å². The largest absolute Gasteiger partial charge is 0.508 e. The molecule has 1 unspecified atom stereocenters. The average molecular weight is 208 g/mol. The number of carboxylic acid groups (broad SMARTS) is 1. The summed E-state index contributed by atoms with van der Waals surface area (Å²) < 4.78 is 5.57. The van der Waals surface area contributed by atoms with Gasteiger partial charge < -0.3 is 14.9 Å². The van der Waals surface area contributed by atoms with Gasteiger partial charge in [-0.05, 0) is 25.1 Å². The van der Waals surface area contributed by atoms with Gasteiger partial charge in [-0.1, -0.05) is 0 Å². The van der Waals surface area contributed by atoms with Crippen LogP contribution in [-0.4, -0.2) is 21.8 Å². The minimum absolute atomic E-state index is 0.0392. The third-order valence-corrected chi connectivity index (χ3v) is 2.49. The van der Waals surface area contributed by atoms with Crippen molar-refractivity contribution in [3.05, 3.63) is 23.8 Å². The Labute approximate surface area is 87.1 Å². The summed E-state index contributed by atoms with van der Waals surface area (Å²) >= 11 is 0. The lowest BCUT2D eigenvalue weighted by molar-refractivity contribution is -0.140. The molecule has 0 aromatic heterocycles. The van der Waals surface area contributed by atoms with Crippen LogP contribution in [-0.2, 0) is 11.2 Å². The Kier molecular flexibility index (Phi) is 2.07. The number of ether oxygens (including phenoxy) is 1. The number of carbonyl (C=O) groups is 1. The maximum absolute atomic E-state index is 10.6. The lowest BCUT2D eigenvalue weighted by Crippen LogP contribution is -2.33. The van der Waals surface area contributed by atoms with Crippen LogP contribution in [0.4, 0.5) is 0 Å². The first-order valence-corrected chi connectivity index (χ1v) is 4.71. The van der Waals surface area contributed by atoms with Crippen LogP contribution in [0.15, 0.2) is 18.2 Å². The predicted octanol–water partition coefficient (Wildman–Crippen LogP) is 1.56. The summed E-state index contributed by atoms with van der Waals surface area (Å²) in [5.41, 5.74) is 0.167. The standard InChI is InChI=1S/C11H12O4/c1-11(6-10(13)14)5-7-4-8(12)2-3-9(7)15-11/h2-4,12H,5-6H2,1H3,(H,13,14). The average Bonchev–Trinajstić information content (AvgIpc) is 2.38. The molecule has 0 amide bonds. The van der Waals surface area contributed by atoms with Crippen LogP contribution < -0.4 is 4.74 Å². The number of phenolic OH excluding ortho intramolecular Hbond substituents is 1. The van der Waals surface area contributed by atoms with E-state index in [4.69, 9.17) is 9.84 Å². The van der Waals surface area contributed by atoms with Crippen molar-refractivity contribution in [2.75, 3.05) is 0 Å². The molecule has 2 rings (SSSR count). The molecule has 0 saturated carbocycles. The van der Waals surface area contributed by atoms with Crippen LogP contribution >= 0.6 is 0 Å². The number of hydrogen-bond donors (Lipinski definition) is 2. The van der Waals surface area contributed by atoms with Gasteiger partial charge in [0.1, 0.15) is 17.1 Å². The SMILES string of the molecule is CC1(CC(=O)O)Cc2cc(O)ccc2O1. The maximum atomic E-state index is 10.6. The van der Waals surface area contributed by atoms with E-state index in [2.05, 4.69) is 0 Å². The Morgan fingerprint density at radius 2 is 2.33 bits per heavy atom. The second kappa shape index (κ2) is 3.15. The van der Waals surface area contributed by atoms with Gasteiger partial charge >= 0.3 is 5.97 Å². The van der Waals surface area contributed by atoms with Crippen molar-refractivity contribution in [2.24, 2.45) is 0 Å². The van der Waals surface area contributed by atoms with Gasteiger partial charge in [-0.15, -0.1) is 0 Å². The molecule has 15 heavy (non-hydrogen) atoms. The van der Waals surface area contributed by atoms with Crippen LogP contribution in [0.1, 0.15) is 18.9 Å². The molecule has 1 atom stereocenters. The van der Waals surface area contributed by atoms with Gasteiger partial charge in [-0.3, -0.25) is 4.79 Å². The van der Waals surface area contributed by atoms with E-state index in [1.807, 2.05) is 0 Å². The Bertz CT molecular complexity index is 413. The van der Waals surface area contributed by atoms with Crippen molar-refractivity contribution >= 4 is 5.97 Å². The zero-order valence-electron chi connectivity index (χ0n) is 8.36. The molecular weight excluding hydrogens is 196 g/mol. The van der Waals surface area contributed by atoms with Gasteiger partial charge in [0.2, 0.25) is 0 Å². The number of hydrogen-bond acceptors (Lipinski definition) is 3. The monoisotopic (exact) mass is 208 g/mol. The smallest absolute Gasteiger partial charge is 0.307 e. The van der Waals surface area contributed by atoms with E-state index in [-0.39, 0.29) is 12.2 Å². The van der Waals surface area contributed by atoms with Crippen molar-refractivity contribution in [1.82, 2.24) is 0 Å². The van der Waals surface area contributed by atoms with Gasteiger partial charge in [-0.2, -0.15) is 0 Å². The lowest BCUT2D eigenvalue weighted by Gasteiger charge is -2.21. The lowest BCUT2D eigenvalue weighted by atomic mass is 9.96.